The predicted octanol–water partition coefficient (Wildman–Crippen LogP) is 7.15. The Morgan fingerprint density at radius 1 is 1.15 bits per heavy atom. The molecule has 5 heteroatoms. The molecule has 3 aliphatic rings. The molecule has 0 fully saturated rings. The van der Waals surface area contributed by atoms with Crippen molar-refractivity contribution in [1.82, 2.24) is 0 Å². The molecule has 0 aromatic heterocycles. The Balaban J connectivity index is 1.66. The normalized spacial score (nSPS) is 24.3. The topological polar surface area (TPSA) is 94.8 Å². The molecule has 3 aliphatic carbocycles. The number of hydrogen-bond donors (Lipinski definition) is 3. The maximum atomic E-state index is 13.5. The Morgan fingerprint density at radius 2 is 1.82 bits per heavy atom. The number of phenolic OH excluding ortho intramolecular Hbond substituents is 1. The van der Waals surface area contributed by atoms with Gasteiger partial charge in [-0.3, -0.25) is 9.59 Å². The fourth-order valence-electron chi connectivity index (χ4n) is 7.26. The zero-order valence-corrected chi connectivity index (χ0v) is 24.2. The Kier molecular flexibility index (Phi) is 7.16. The standard InChI is InChI=1S/C35H40O5/c1-7-8-9-22-10-12-23(13-11-22)27-17-26(18(2)3)28-16-24-15-25-14-19(4)29(21(6)36)33(38)35(25,40)34(39)30(24)20(5)31(28)32(27)37/h10-13,17-18,24-25,37,39-40H,5,7-9,14-16H2,1-4,6H3/t24-,25-,35-/m1/s1. The van der Waals surface area contributed by atoms with E-state index in [-0.39, 0.29) is 23.2 Å². The minimum Gasteiger partial charge on any atom is -0.508 e. The lowest BCUT2D eigenvalue weighted by Crippen LogP contribution is -2.55. The summed E-state index contributed by atoms with van der Waals surface area (Å²) in [7, 11) is 0. The first kappa shape index (κ1) is 28.1. The van der Waals surface area contributed by atoms with Crippen LogP contribution in [0.15, 0.2) is 59.4 Å². The monoisotopic (exact) mass is 540 g/mol. The first-order chi connectivity index (χ1) is 18.9. The molecule has 0 heterocycles. The summed E-state index contributed by atoms with van der Waals surface area (Å²) in [6.07, 6.45) is 4.66. The number of carbonyl (C=O) groups is 2. The number of aliphatic hydroxyl groups excluding tert-OH is 1. The molecule has 0 spiro atoms. The predicted molar refractivity (Wildman–Crippen MR) is 158 cm³/mol. The molecule has 0 bridgehead atoms. The van der Waals surface area contributed by atoms with E-state index in [2.05, 4.69) is 45.5 Å². The smallest absolute Gasteiger partial charge is 0.205 e. The summed E-state index contributed by atoms with van der Waals surface area (Å²) >= 11 is 0. The molecule has 0 radical (unpaired) electrons. The number of fused-ring (bicyclic) bond motifs is 3. The number of hydrogen-bond acceptors (Lipinski definition) is 5. The van der Waals surface area contributed by atoms with Gasteiger partial charge in [-0.05, 0) is 91.7 Å². The SMILES string of the molecule is C=C1C2=C(O)[C@]3(O)C(=O)C(C(C)=O)=C(C)C[C@@H]3C[C@@H]2Cc2c(C(C)C)cc(-c3ccc(CCCC)cc3)c(O)c21. The summed E-state index contributed by atoms with van der Waals surface area (Å²) in [6, 6.07) is 10.4. The van der Waals surface area contributed by atoms with E-state index in [1.807, 2.05) is 12.1 Å². The lowest BCUT2D eigenvalue weighted by Gasteiger charge is -2.47. The number of carbonyl (C=O) groups excluding carboxylic acids is 2. The van der Waals surface area contributed by atoms with Gasteiger partial charge in [0.05, 0.1) is 5.57 Å². The molecule has 40 heavy (non-hydrogen) atoms. The molecular formula is C35H40O5. The zero-order chi connectivity index (χ0) is 29.1. The molecule has 0 unspecified atom stereocenters. The molecule has 0 amide bonds. The molecule has 0 saturated heterocycles. The minimum absolute atomic E-state index is 0.0271. The van der Waals surface area contributed by atoms with Gasteiger partial charge >= 0.3 is 0 Å². The van der Waals surface area contributed by atoms with E-state index >= 15 is 0 Å². The van der Waals surface area contributed by atoms with Crippen LogP contribution in [0, 0.1) is 11.8 Å². The number of aryl methyl sites for hydroxylation is 1. The third kappa shape index (κ3) is 4.17. The van der Waals surface area contributed by atoms with Crippen molar-refractivity contribution in [1.29, 1.82) is 0 Å². The number of aromatic hydroxyl groups is 1. The van der Waals surface area contributed by atoms with Gasteiger partial charge in [-0.15, -0.1) is 0 Å². The molecule has 3 atom stereocenters. The number of benzene rings is 2. The molecule has 0 aliphatic heterocycles. The summed E-state index contributed by atoms with van der Waals surface area (Å²) in [4.78, 5) is 25.8. The van der Waals surface area contributed by atoms with Crippen molar-refractivity contribution in [2.75, 3.05) is 0 Å². The lowest BCUT2D eigenvalue weighted by atomic mass is 9.58. The molecule has 0 saturated carbocycles. The van der Waals surface area contributed by atoms with Gasteiger partial charge in [0, 0.05) is 22.6 Å². The van der Waals surface area contributed by atoms with Crippen molar-refractivity contribution >= 4 is 17.1 Å². The van der Waals surface area contributed by atoms with Crippen LogP contribution in [0.5, 0.6) is 5.75 Å². The van der Waals surface area contributed by atoms with E-state index < -0.39 is 28.8 Å². The molecule has 5 rings (SSSR count). The Hall–Kier alpha value is -3.44. The van der Waals surface area contributed by atoms with Gasteiger partial charge in [-0.25, -0.2) is 0 Å². The number of phenols is 1. The second kappa shape index (κ2) is 10.2. The van der Waals surface area contributed by atoms with Crippen LogP contribution >= 0.6 is 0 Å². The maximum Gasteiger partial charge on any atom is 0.205 e. The first-order valence-electron chi connectivity index (χ1n) is 14.5. The number of aliphatic hydroxyl groups is 2. The van der Waals surface area contributed by atoms with Gasteiger partial charge in [0.2, 0.25) is 5.78 Å². The highest BCUT2D eigenvalue weighted by Crippen LogP contribution is 2.56. The fourth-order valence-corrected chi connectivity index (χ4v) is 7.26. The summed E-state index contributed by atoms with van der Waals surface area (Å²) in [5.41, 5.74) is 4.84. The van der Waals surface area contributed by atoms with E-state index in [4.69, 9.17) is 0 Å². The summed E-state index contributed by atoms with van der Waals surface area (Å²) < 4.78 is 0. The number of ketones is 2. The summed E-state index contributed by atoms with van der Waals surface area (Å²) in [5.74, 6) is -1.99. The zero-order valence-electron chi connectivity index (χ0n) is 24.2. The van der Waals surface area contributed by atoms with Crippen LogP contribution in [0.25, 0.3) is 16.7 Å². The molecule has 210 valence electrons. The van der Waals surface area contributed by atoms with Crippen LogP contribution in [0.2, 0.25) is 0 Å². The van der Waals surface area contributed by atoms with E-state index in [9.17, 15) is 24.9 Å². The molecule has 2 aromatic rings. The van der Waals surface area contributed by atoms with Crippen molar-refractivity contribution in [3.8, 4) is 16.9 Å². The molecule has 3 N–H and O–H groups in total. The third-order valence-electron chi connectivity index (χ3n) is 9.31. The number of unbranched alkanes of at least 4 members (excludes halogenated alkanes) is 1. The first-order valence-corrected chi connectivity index (χ1v) is 14.5. The maximum absolute atomic E-state index is 13.5. The van der Waals surface area contributed by atoms with Crippen LogP contribution < -0.4 is 0 Å². The van der Waals surface area contributed by atoms with Gasteiger partial charge in [0.15, 0.2) is 11.4 Å². The molecule has 5 nitrogen and oxygen atoms in total. The minimum atomic E-state index is -2.17. The Morgan fingerprint density at radius 3 is 2.42 bits per heavy atom. The van der Waals surface area contributed by atoms with Crippen molar-refractivity contribution in [3.05, 3.63) is 81.6 Å². The highest BCUT2D eigenvalue weighted by molar-refractivity contribution is 6.24. The van der Waals surface area contributed by atoms with Gasteiger partial charge < -0.3 is 15.3 Å². The van der Waals surface area contributed by atoms with Gasteiger partial charge in [0.1, 0.15) is 11.5 Å². The average Bonchev–Trinajstić information content (AvgIpc) is 2.89. The second-order valence-corrected chi connectivity index (χ2v) is 12.3. The third-order valence-corrected chi connectivity index (χ3v) is 9.31. The van der Waals surface area contributed by atoms with Crippen LogP contribution in [-0.4, -0.2) is 32.5 Å². The van der Waals surface area contributed by atoms with Crippen molar-refractivity contribution in [3.63, 3.8) is 0 Å². The van der Waals surface area contributed by atoms with Gasteiger partial charge in [-0.2, -0.15) is 0 Å². The van der Waals surface area contributed by atoms with E-state index in [0.29, 0.717) is 47.1 Å². The average molecular weight is 541 g/mol. The van der Waals surface area contributed by atoms with Crippen molar-refractivity contribution in [2.24, 2.45) is 11.8 Å². The quantitative estimate of drug-likeness (QED) is 0.338. The van der Waals surface area contributed by atoms with Gasteiger partial charge in [0.25, 0.3) is 0 Å². The van der Waals surface area contributed by atoms with Crippen LogP contribution in [-0.2, 0) is 22.4 Å². The summed E-state index contributed by atoms with van der Waals surface area (Å²) in [6.45, 7) is 13.8. The molecular weight excluding hydrogens is 500 g/mol. The van der Waals surface area contributed by atoms with E-state index in [0.717, 1.165) is 36.0 Å². The number of allylic oxidation sites excluding steroid dienone is 3. The van der Waals surface area contributed by atoms with Crippen LogP contribution in [0.3, 0.4) is 0 Å². The van der Waals surface area contributed by atoms with Crippen molar-refractivity contribution < 1.29 is 24.9 Å². The van der Waals surface area contributed by atoms with Crippen LogP contribution in [0.1, 0.15) is 88.5 Å². The lowest BCUT2D eigenvalue weighted by molar-refractivity contribution is -0.143. The Bertz CT molecular complexity index is 1490. The second-order valence-electron chi connectivity index (χ2n) is 12.3. The number of rotatable bonds is 6. The highest BCUT2D eigenvalue weighted by atomic mass is 16.3. The van der Waals surface area contributed by atoms with E-state index in [1.165, 1.54) is 12.5 Å². The summed E-state index contributed by atoms with van der Waals surface area (Å²) in [5, 5.41) is 35.1. The van der Waals surface area contributed by atoms with E-state index in [1.54, 1.807) is 6.92 Å². The van der Waals surface area contributed by atoms with Crippen molar-refractivity contribution in [2.45, 2.75) is 84.7 Å². The Labute approximate surface area is 237 Å². The number of Topliss-reactive ketones (excluding diaryl/α,β-unsaturated/α-hetero) is 2. The molecule has 2 aromatic carbocycles. The fraction of sp³-hybridized carbons (Fsp3) is 0.429. The highest BCUT2D eigenvalue weighted by Gasteiger charge is 2.58. The largest absolute Gasteiger partial charge is 0.508 e. The van der Waals surface area contributed by atoms with Crippen LogP contribution in [0.4, 0.5) is 0 Å². The van der Waals surface area contributed by atoms with Gasteiger partial charge in [-0.1, -0.05) is 63.6 Å².